The third-order valence-electron chi connectivity index (χ3n) is 4.82. The van der Waals surface area contributed by atoms with Crippen LogP contribution in [0.1, 0.15) is 11.1 Å². The predicted molar refractivity (Wildman–Crippen MR) is 133 cm³/mol. The lowest BCUT2D eigenvalue weighted by molar-refractivity contribution is -0.120. The van der Waals surface area contributed by atoms with Crippen LogP contribution in [0.25, 0.3) is 10.8 Å². The van der Waals surface area contributed by atoms with Gasteiger partial charge in [0.2, 0.25) is 0 Å². The largest absolute Gasteiger partial charge is 0.487 e. The molecule has 0 saturated carbocycles. The van der Waals surface area contributed by atoms with E-state index in [1.54, 1.807) is 36.4 Å². The van der Waals surface area contributed by atoms with Crippen molar-refractivity contribution in [3.05, 3.63) is 106 Å². The number of hydrogen-bond acceptors (Lipinski definition) is 4. The van der Waals surface area contributed by atoms with Crippen LogP contribution in [0, 0.1) is 0 Å². The molecule has 0 heterocycles. The molecular weight excluding hydrogens is 459 g/mol. The van der Waals surface area contributed by atoms with Crippen LogP contribution in [0.5, 0.6) is 5.75 Å². The molecule has 0 bridgehead atoms. The molecule has 0 saturated heterocycles. The van der Waals surface area contributed by atoms with Gasteiger partial charge in [-0.2, -0.15) is 0 Å². The average Bonchev–Trinajstić information content (AvgIpc) is 2.83. The molecule has 5 nitrogen and oxygen atoms in total. The van der Waals surface area contributed by atoms with Crippen molar-refractivity contribution in [3.8, 4) is 5.75 Å². The smallest absolute Gasteiger partial charge is 0.265 e. The SMILES string of the molecule is O=C(CO/N=C/c1ccc(OCc2cccc3ccccc23)c(Cl)c1)Nc1ccc(Cl)cc1. The second kappa shape index (κ2) is 10.9. The molecule has 166 valence electrons. The van der Waals surface area contributed by atoms with E-state index in [1.807, 2.05) is 30.3 Å². The van der Waals surface area contributed by atoms with E-state index in [2.05, 4.69) is 28.7 Å². The van der Waals surface area contributed by atoms with E-state index in [9.17, 15) is 4.79 Å². The van der Waals surface area contributed by atoms with E-state index < -0.39 is 0 Å². The minimum atomic E-state index is -0.329. The van der Waals surface area contributed by atoms with Gasteiger partial charge >= 0.3 is 0 Å². The Bertz CT molecular complexity index is 1290. The van der Waals surface area contributed by atoms with Gasteiger partial charge < -0.3 is 14.9 Å². The summed E-state index contributed by atoms with van der Waals surface area (Å²) in [4.78, 5) is 17.0. The Morgan fingerprint density at radius 2 is 1.73 bits per heavy atom. The zero-order valence-electron chi connectivity index (χ0n) is 17.5. The van der Waals surface area contributed by atoms with Crippen LogP contribution in [-0.4, -0.2) is 18.7 Å². The highest BCUT2D eigenvalue weighted by Crippen LogP contribution is 2.27. The number of anilines is 1. The Morgan fingerprint density at radius 1 is 0.939 bits per heavy atom. The number of ether oxygens (including phenoxy) is 1. The quantitative estimate of drug-likeness (QED) is 0.226. The molecule has 0 fully saturated rings. The van der Waals surface area contributed by atoms with Gasteiger partial charge in [0, 0.05) is 10.7 Å². The molecule has 0 aliphatic heterocycles. The summed E-state index contributed by atoms with van der Waals surface area (Å²) in [6, 6.07) is 26.4. The van der Waals surface area contributed by atoms with Crippen molar-refractivity contribution in [1.82, 2.24) is 0 Å². The highest BCUT2D eigenvalue weighted by molar-refractivity contribution is 6.32. The molecule has 1 N–H and O–H groups in total. The average molecular weight is 479 g/mol. The van der Waals surface area contributed by atoms with Gasteiger partial charge in [-0.25, -0.2) is 0 Å². The number of halogens is 2. The molecule has 7 heteroatoms. The third-order valence-corrected chi connectivity index (χ3v) is 5.37. The molecule has 0 spiro atoms. The molecule has 0 unspecified atom stereocenters. The van der Waals surface area contributed by atoms with Gasteiger partial charge in [-0.1, -0.05) is 70.8 Å². The third kappa shape index (κ3) is 6.25. The van der Waals surface area contributed by atoms with Crippen molar-refractivity contribution in [2.24, 2.45) is 5.16 Å². The van der Waals surface area contributed by atoms with E-state index >= 15 is 0 Å². The maximum atomic E-state index is 11.9. The van der Waals surface area contributed by atoms with Crippen molar-refractivity contribution >= 4 is 51.8 Å². The van der Waals surface area contributed by atoms with Gasteiger partial charge in [-0.15, -0.1) is 0 Å². The summed E-state index contributed by atoms with van der Waals surface area (Å²) in [5.41, 5.74) is 2.43. The van der Waals surface area contributed by atoms with E-state index in [0.29, 0.717) is 28.1 Å². The van der Waals surface area contributed by atoms with Gasteiger partial charge in [0.1, 0.15) is 12.4 Å². The molecule has 0 atom stereocenters. The maximum Gasteiger partial charge on any atom is 0.265 e. The van der Waals surface area contributed by atoms with Crippen molar-refractivity contribution in [2.45, 2.75) is 6.61 Å². The van der Waals surface area contributed by atoms with Crippen molar-refractivity contribution in [3.63, 3.8) is 0 Å². The normalized spacial score (nSPS) is 11.0. The van der Waals surface area contributed by atoms with Crippen LogP contribution >= 0.6 is 23.2 Å². The fourth-order valence-corrected chi connectivity index (χ4v) is 3.58. The molecule has 0 aliphatic carbocycles. The molecule has 0 aliphatic rings. The van der Waals surface area contributed by atoms with Gasteiger partial charge in [-0.3, -0.25) is 4.79 Å². The lowest BCUT2D eigenvalue weighted by atomic mass is 10.1. The van der Waals surface area contributed by atoms with Gasteiger partial charge in [0.05, 0.1) is 11.2 Å². The van der Waals surface area contributed by atoms with Crippen molar-refractivity contribution in [1.29, 1.82) is 0 Å². The first-order chi connectivity index (χ1) is 16.1. The number of fused-ring (bicyclic) bond motifs is 1. The Kier molecular flexibility index (Phi) is 7.45. The fourth-order valence-electron chi connectivity index (χ4n) is 3.21. The van der Waals surface area contributed by atoms with Crippen LogP contribution < -0.4 is 10.1 Å². The van der Waals surface area contributed by atoms with Crippen molar-refractivity contribution in [2.75, 3.05) is 11.9 Å². The monoisotopic (exact) mass is 478 g/mol. The topological polar surface area (TPSA) is 59.9 Å². The summed E-state index contributed by atoms with van der Waals surface area (Å²) in [7, 11) is 0. The molecule has 4 rings (SSSR count). The number of hydrogen-bond donors (Lipinski definition) is 1. The van der Waals surface area contributed by atoms with Crippen molar-refractivity contribution < 1.29 is 14.4 Å². The summed E-state index contributed by atoms with van der Waals surface area (Å²) in [6.45, 7) is 0.180. The second-order valence-corrected chi connectivity index (χ2v) is 8.02. The molecular formula is C26H20Cl2N2O3. The molecule has 4 aromatic carbocycles. The molecule has 33 heavy (non-hydrogen) atoms. The Balaban J connectivity index is 1.29. The zero-order valence-corrected chi connectivity index (χ0v) is 19.0. The van der Waals surface area contributed by atoms with E-state index in [4.69, 9.17) is 32.8 Å². The number of carbonyl (C=O) groups is 1. The zero-order chi connectivity index (χ0) is 23.0. The first-order valence-corrected chi connectivity index (χ1v) is 10.9. The highest BCUT2D eigenvalue weighted by atomic mass is 35.5. The predicted octanol–water partition coefficient (Wildman–Crippen LogP) is 6.71. The number of oxime groups is 1. The number of rotatable bonds is 8. The number of nitrogens with zero attached hydrogens (tertiary/aromatic N) is 1. The summed E-state index contributed by atoms with van der Waals surface area (Å²) < 4.78 is 5.94. The number of carbonyl (C=O) groups excluding carboxylic acids is 1. The minimum absolute atomic E-state index is 0.223. The standard InChI is InChI=1S/C26H20Cl2N2O3/c27-21-9-11-22(12-10-21)30-26(31)17-33-29-15-18-8-13-25(24(28)14-18)32-16-20-6-3-5-19-4-1-2-7-23(19)20/h1-15H,16-17H2,(H,30,31)/b29-15+. The Morgan fingerprint density at radius 3 is 2.55 bits per heavy atom. The van der Waals surface area contributed by atoms with Crippen LogP contribution in [0.4, 0.5) is 5.69 Å². The van der Waals surface area contributed by atoms with E-state index in [-0.39, 0.29) is 12.5 Å². The molecule has 0 radical (unpaired) electrons. The van der Waals surface area contributed by atoms with Gasteiger partial charge in [-0.05, 0) is 64.4 Å². The lowest BCUT2D eigenvalue weighted by Crippen LogP contribution is -2.16. The van der Waals surface area contributed by atoms with Crippen LogP contribution in [-0.2, 0) is 16.2 Å². The molecule has 1 amide bonds. The van der Waals surface area contributed by atoms with Crippen LogP contribution in [0.3, 0.4) is 0 Å². The summed E-state index contributed by atoms with van der Waals surface area (Å²) in [6.07, 6.45) is 1.48. The lowest BCUT2D eigenvalue weighted by Gasteiger charge is -2.11. The summed E-state index contributed by atoms with van der Waals surface area (Å²) >= 11 is 12.2. The van der Waals surface area contributed by atoms with Gasteiger partial charge in [0.15, 0.2) is 6.61 Å². The minimum Gasteiger partial charge on any atom is -0.487 e. The maximum absolute atomic E-state index is 11.9. The molecule has 4 aromatic rings. The van der Waals surface area contributed by atoms with E-state index in [1.165, 1.54) is 6.21 Å². The number of amides is 1. The number of nitrogens with one attached hydrogen (secondary N) is 1. The summed E-state index contributed by atoms with van der Waals surface area (Å²) in [5, 5.41) is 9.89. The second-order valence-electron chi connectivity index (χ2n) is 7.18. The first kappa shape index (κ1) is 22.6. The van der Waals surface area contributed by atoms with Crippen LogP contribution in [0.2, 0.25) is 10.0 Å². The first-order valence-electron chi connectivity index (χ1n) is 10.2. The van der Waals surface area contributed by atoms with Gasteiger partial charge in [0.25, 0.3) is 5.91 Å². The molecule has 0 aromatic heterocycles. The van der Waals surface area contributed by atoms with Crippen LogP contribution in [0.15, 0.2) is 90.1 Å². The fraction of sp³-hybridized carbons (Fsp3) is 0.0769. The van der Waals surface area contributed by atoms with E-state index in [0.717, 1.165) is 21.9 Å². The highest BCUT2D eigenvalue weighted by Gasteiger charge is 2.06. The Labute approximate surface area is 201 Å². The Hall–Kier alpha value is -3.54. The summed E-state index contributed by atoms with van der Waals surface area (Å²) in [5.74, 6) is 0.245. The number of benzene rings is 4.